The molecule has 0 fully saturated rings. The van der Waals surface area contributed by atoms with E-state index in [0.717, 1.165) is 11.3 Å². The third-order valence-corrected chi connectivity index (χ3v) is 3.15. The molecule has 1 aromatic heterocycles. The summed E-state index contributed by atoms with van der Waals surface area (Å²) in [4.78, 5) is 7.94. The fraction of sp³-hybridized carbons (Fsp3) is 0.333. The summed E-state index contributed by atoms with van der Waals surface area (Å²) in [5.74, 6) is 0.328. The molecule has 0 saturated heterocycles. The van der Waals surface area contributed by atoms with Crippen LogP contribution in [0.1, 0.15) is 12.0 Å². The van der Waals surface area contributed by atoms with Gasteiger partial charge in [-0.1, -0.05) is 18.2 Å². The van der Waals surface area contributed by atoms with Gasteiger partial charge in [0.05, 0.1) is 18.4 Å². The Hall–Kier alpha value is -2.51. The molecule has 0 amide bonds. The summed E-state index contributed by atoms with van der Waals surface area (Å²) in [6.45, 7) is 0.215. The number of alkyl halides is 3. The quantitative estimate of drug-likeness (QED) is 0.656. The molecular weight excluding hydrogens is 307 g/mol. The second-order valence-corrected chi connectivity index (χ2v) is 4.82. The summed E-state index contributed by atoms with van der Waals surface area (Å²) in [6, 6.07) is 7.69. The van der Waals surface area contributed by atoms with E-state index in [2.05, 4.69) is 20.6 Å². The van der Waals surface area contributed by atoms with Gasteiger partial charge in [0.1, 0.15) is 0 Å². The van der Waals surface area contributed by atoms with E-state index in [1.807, 2.05) is 35.0 Å². The molecule has 5 nitrogen and oxygen atoms in total. The van der Waals surface area contributed by atoms with E-state index >= 15 is 0 Å². The lowest BCUT2D eigenvalue weighted by Crippen LogP contribution is -2.38. The average molecular weight is 325 g/mol. The number of guanidine groups is 1. The number of hydrogen-bond donors (Lipinski definition) is 2. The van der Waals surface area contributed by atoms with Crippen molar-refractivity contribution in [2.75, 3.05) is 13.6 Å². The minimum Gasteiger partial charge on any atom is -0.356 e. The van der Waals surface area contributed by atoms with E-state index in [4.69, 9.17) is 0 Å². The number of imidazole rings is 1. The fourth-order valence-corrected chi connectivity index (χ4v) is 2.04. The predicted molar refractivity (Wildman–Crippen MR) is 82.4 cm³/mol. The van der Waals surface area contributed by atoms with Crippen molar-refractivity contribution in [1.29, 1.82) is 0 Å². The number of aromatic nitrogens is 2. The molecule has 2 N–H and O–H groups in total. The van der Waals surface area contributed by atoms with Gasteiger partial charge in [0.2, 0.25) is 0 Å². The minimum atomic E-state index is -4.18. The van der Waals surface area contributed by atoms with Crippen molar-refractivity contribution in [2.45, 2.75) is 19.1 Å². The highest BCUT2D eigenvalue weighted by molar-refractivity contribution is 5.79. The highest BCUT2D eigenvalue weighted by Gasteiger charge is 2.26. The number of nitrogens with zero attached hydrogens (tertiary/aromatic N) is 3. The third-order valence-electron chi connectivity index (χ3n) is 3.15. The van der Waals surface area contributed by atoms with Crippen molar-refractivity contribution < 1.29 is 13.2 Å². The maximum absolute atomic E-state index is 12.2. The van der Waals surface area contributed by atoms with E-state index in [1.165, 1.54) is 7.05 Å². The number of rotatable bonds is 5. The Morgan fingerprint density at radius 2 is 2.04 bits per heavy atom. The zero-order valence-corrected chi connectivity index (χ0v) is 12.6. The lowest BCUT2D eigenvalue weighted by atomic mass is 10.1. The second-order valence-electron chi connectivity index (χ2n) is 4.82. The van der Waals surface area contributed by atoms with Crippen molar-refractivity contribution in [2.24, 2.45) is 4.99 Å². The van der Waals surface area contributed by atoms with E-state index in [0.29, 0.717) is 12.5 Å². The van der Waals surface area contributed by atoms with Crippen molar-refractivity contribution in [3.63, 3.8) is 0 Å². The SMILES string of the molecule is CN=C(NCCC(F)(F)F)NCc1ccccc1-n1ccnc1. The Balaban J connectivity index is 1.95. The van der Waals surface area contributed by atoms with Gasteiger partial charge in [-0.05, 0) is 11.6 Å². The molecule has 0 aliphatic heterocycles. The van der Waals surface area contributed by atoms with Crippen LogP contribution in [-0.4, -0.2) is 35.3 Å². The van der Waals surface area contributed by atoms with Gasteiger partial charge in [-0.15, -0.1) is 0 Å². The number of aliphatic imine (C=N–C) groups is 1. The van der Waals surface area contributed by atoms with Crippen LogP contribution in [0.25, 0.3) is 5.69 Å². The molecule has 1 heterocycles. The zero-order valence-electron chi connectivity index (χ0n) is 12.6. The zero-order chi connectivity index (χ0) is 16.7. The number of benzene rings is 1. The van der Waals surface area contributed by atoms with Gasteiger partial charge < -0.3 is 15.2 Å². The van der Waals surface area contributed by atoms with Gasteiger partial charge in [0.15, 0.2) is 5.96 Å². The van der Waals surface area contributed by atoms with Gasteiger partial charge in [-0.25, -0.2) is 4.98 Å². The van der Waals surface area contributed by atoms with Crippen LogP contribution in [0.4, 0.5) is 13.2 Å². The maximum Gasteiger partial charge on any atom is 0.390 e. The molecule has 124 valence electrons. The van der Waals surface area contributed by atoms with Crippen LogP contribution in [0, 0.1) is 0 Å². The van der Waals surface area contributed by atoms with Crippen LogP contribution >= 0.6 is 0 Å². The van der Waals surface area contributed by atoms with E-state index in [9.17, 15) is 13.2 Å². The molecule has 2 aromatic rings. The Morgan fingerprint density at radius 3 is 2.70 bits per heavy atom. The first kappa shape index (κ1) is 16.9. The van der Waals surface area contributed by atoms with Crippen LogP contribution in [-0.2, 0) is 6.54 Å². The lowest BCUT2D eigenvalue weighted by molar-refractivity contribution is -0.132. The van der Waals surface area contributed by atoms with Crippen molar-refractivity contribution in [3.8, 4) is 5.69 Å². The van der Waals surface area contributed by atoms with E-state index in [-0.39, 0.29) is 6.54 Å². The molecule has 0 spiro atoms. The lowest BCUT2D eigenvalue weighted by Gasteiger charge is -2.15. The summed E-state index contributed by atoms with van der Waals surface area (Å²) in [5, 5.41) is 5.66. The largest absolute Gasteiger partial charge is 0.390 e. The first-order chi connectivity index (χ1) is 11.0. The van der Waals surface area contributed by atoms with Gasteiger partial charge in [-0.2, -0.15) is 13.2 Å². The summed E-state index contributed by atoms with van der Waals surface area (Å²) in [7, 11) is 1.52. The van der Waals surface area contributed by atoms with Gasteiger partial charge in [0, 0.05) is 32.5 Å². The number of halogens is 3. The molecule has 0 radical (unpaired) electrons. The second kappa shape index (κ2) is 7.66. The van der Waals surface area contributed by atoms with Crippen LogP contribution in [0.3, 0.4) is 0 Å². The molecule has 2 rings (SSSR count). The van der Waals surface area contributed by atoms with Crippen LogP contribution < -0.4 is 10.6 Å². The molecule has 0 saturated carbocycles. The Bertz CT molecular complexity index is 635. The van der Waals surface area contributed by atoms with Crippen LogP contribution in [0.15, 0.2) is 48.0 Å². The van der Waals surface area contributed by atoms with Crippen LogP contribution in [0.5, 0.6) is 0 Å². The highest BCUT2D eigenvalue weighted by atomic mass is 19.4. The monoisotopic (exact) mass is 325 g/mol. The first-order valence-electron chi connectivity index (χ1n) is 7.07. The molecular formula is C15H18F3N5. The minimum absolute atomic E-state index is 0.216. The molecule has 1 aromatic carbocycles. The third kappa shape index (κ3) is 5.32. The molecule has 0 aliphatic carbocycles. The molecule has 0 atom stereocenters. The summed E-state index contributed by atoms with van der Waals surface area (Å²) < 4.78 is 38.4. The standard InChI is InChI=1S/C15H18F3N5/c1-19-14(21-7-6-15(16,17)18)22-10-12-4-2-3-5-13(12)23-9-8-20-11-23/h2-5,8-9,11H,6-7,10H2,1H3,(H2,19,21,22). The Labute approximate surface area is 132 Å². The van der Waals surface area contributed by atoms with Gasteiger partial charge in [0.25, 0.3) is 0 Å². The number of hydrogen-bond acceptors (Lipinski definition) is 2. The predicted octanol–water partition coefficient (Wildman–Crippen LogP) is 2.49. The molecule has 0 unspecified atom stereocenters. The number of nitrogens with one attached hydrogen (secondary N) is 2. The highest BCUT2D eigenvalue weighted by Crippen LogP contribution is 2.18. The molecule has 23 heavy (non-hydrogen) atoms. The molecule has 8 heteroatoms. The summed E-state index contributed by atoms with van der Waals surface area (Å²) in [5.41, 5.74) is 1.92. The van der Waals surface area contributed by atoms with Crippen LogP contribution in [0.2, 0.25) is 0 Å². The number of para-hydroxylation sites is 1. The van der Waals surface area contributed by atoms with Crippen molar-refractivity contribution in [1.82, 2.24) is 20.2 Å². The smallest absolute Gasteiger partial charge is 0.356 e. The Morgan fingerprint density at radius 1 is 1.26 bits per heavy atom. The average Bonchev–Trinajstić information content (AvgIpc) is 3.04. The summed E-state index contributed by atoms with van der Waals surface area (Å²) in [6.07, 6.45) is 0.117. The summed E-state index contributed by atoms with van der Waals surface area (Å²) >= 11 is 0. The maximum atomic E-state index is 12.2. The van der Waals surface area contributed by atoms with E-state index in [1.54, 1.807) is 12.5 Å². The first-order valence-corrected chi connectivity index (χ1v) is 7.07. The Kier molecular flexibility index (Phi) is 5.61. The van der Waals surface area contributed by atoms with E-state index < -0.39 is 12.6 Å². The molecule has 0 aliphatic rings. The molecule has 0 bridgehead atoms. The van der Waals surface area contributed by atoms with Gasteiger partial charge >= 0.3 is 6.18 Å². The van der Waals surface area contributed by atoms with Crippen molar-refractivity contribution >= 4 is 5.96 Å². The fourth-order valence-electron chi connectivity index (χ4n) is 2.04. The normalized spacial score (nSPS) is 12.3. The topological polar surface area (TPSA) is 54.2 Å². The van der Waals surface area contributed by atoms with Gasteiger partial charge in [-0.3, -0.25) is 4.99 Å². The van der Waals surface area contributed by atoms with Crippen molar-refractivity contribution in [3.05, 3.63) is 48.5 Å².